The summed E-state index contributed by atoms with van der Waals surface area (Å²) in [5, 5.41) is 14.4. The number of aromatic amines is 1. The van der Waals surface area contributed by atoms with Crippen molar-refractivity contribution >= 4 is 22.8 Å². The predicted octanol–water partition coefficient (Wildman–Crippen LogP) is 2.79. The summed E-state index contributed by atoms with van der Waals surface area (Å²) in [6.07, 6.45) is 6.09. The third kappa shape index (κ3) is 3.67. The van der Waals surface area contributed by atoms with E-state index in [0.29, 0.717) is 11.7 Å². The average Bonchev–Trinajstić information content (AvgIpc) is 3.34. The molecule has 2 amide bonds. The molecule has 0 radical (unpaired) electrons. The zero-order valence-corrected chi connectivity index (χ0v) is 16.6. The molecule has 4 heterocycles. The Balaban J connectivity index is 1.30. The Morgan fingerprint density at radius 3 is 2.90 bits per heavy atom. The zero-order chi connectivity index (χ0) is 20.0. The van der Waals surface area contributed by atoms with Gasteiger partial charge in [0.15, 0.2) is 0 Å². The number of pyridine rings is 2. The van der Waals surface area contributed by atoms with Gasteiger partial charge in [-0.3, -0.25) is 15.4 Å². The van der Waals surface area contributed by atoms with E-state index in [1.807, 2.05) is 25.1 Å². The summed E-state index contributed by atoms with van der Waals surface area (Å²) in [5.41, 5.74) is 3.58. The molecule has 0 unspecified atom stereocenters. The lowest BCUT2D eigenvalue weighted by atomic mass is 9.98. The molecule has 2 fully saturated rings. The van der Waals surface area contributed by atoms with Crippen molar-refractivity contribution in [3.8, 4) is 11.3 Å². The number of likely N-dealkylation sites (tertiary alicyclic amines) is 1. The number of urea groups is 1. The van der Waals surface area contributed by atoms with Crippen LogP contribution in [0.15, 0.2) is 30.6 Å². The molecule has 3 aromatic heterocycles. The molecule has 2 atom stereocenters. The van der Waals surface area contributed by atoms with E-state index in [2.05, 4.69) is 42.7 Å². The molecule has 29 heavy (non-hydrogen) atoms. The molecule has 0 spiro atoms. The molecule has 8 nitrogen and oxygen atoms in total. The molecular formula is C21H25N7O. The van der Waals surface area contributed by atoms with Crippen molar-refractivity contribution < 1.29 is 4.79 Å². The number of hydrogen-bond donors (Lipinski definition) is 3. The molecule has 1 saturated heterocycles. The Morgan fingerprint density at radius 2 is 2.10 bits per heavy atom. The van der Waals surface area contributed by atoms with E-state index < -0.39 is 0 Å². The molecular weight excluding hydrogens is 366 g/mol. The van der Waals surface area contributed by atoms with E-state index >= 15 is 0 Å². The molecule has 8 heteroatoms. The number of nitrogens with zero attached hydrogens (tertiary/aromatic N) is 4. The number of aromatic nitrogens is 4. The van der Waals surface area contributed by atoms with Crippen LogP contribution in [0.3, 0.4) is 0 Å². The van der Waals surface area contributed by atoms with Crippen LogP contribution < -0.4 is 10.6 Å². The zero-order valence-electron chi connectivity index (χ0n) is 16.6. The maximum atomic E-state index is 12.6. The Labute approximate surface area is 169 Å². The van der Waals surface area contributed by atoms with Crippen molar-refractivity contribution in [3.63, 3.8) is 0 Å². The van der Waals surface area contributed by atoms with Crippen molar-refractivity contribution in [1.82, 2.24) is 30.4 Å². The molecule has 1 saturated carbocycles. The molecule has 150 valence electrons. The van der Waals surface area contributed by atoms with Crippen LogP contribution in [0.25, 0.3) is 22.2 Å². The predicted molar refractivity (Wildman–Crippen MR) is 112 cm³/mol. The van der Waals surface area contributed by atoms with Gasteiger partial charge in [0.2, 0.25) is 0 Å². The van der Waals surface area contributed by atoms with E-state index in [0.717, 1.165) is 46.9 Å². The first-order chi connectivity index (χ1) is 14.1. The van der Waals surface area contributed by atoms with Crippen LogP contribution >= 0.6 is 0 Å². The van der Waals surface area contributed by atoms with Crippen molar-refractivity contribution in [3.05, 3.63) is 36.3 Å². The van der Waals surface area contributed by atoms with Gasteiger partial charge in [-0.2, -0.15) is 5.10 Å². The molecule has 1 aliphatic carbocycles. The molecule has 2 aliphatic rings. The number of nitrogens with one attached hydrogen (secondary N) is 3. The maximum absolute atomic E-state index is 12.6. The van der Waals surface area contributed by atoms with Gasteiger partial charge in [-0.05, 0) is 50.8 Å². The minimum atomic E-state index is -0.202. The summed E-state index contributed by atoms with van der Waals surface area (Å²) < 4.78 is 0. The van der Waals surface area contributed by atoms with Crippen LogP contribution in [-0.2, 0) is 0 Å². The topological polar surface area (TPSA) is 98.8 Å². The van der Waals surface area contributed by atoms with Gasteiger partial charge in [0.05, 0.1) is 5.52 Å². The fraction of sp³-hybridized carbons (Fsp3) is 0.429. The van der Waals surface area contributed by atoms with E-state index in [4.69, 9.17) is 0 Å². The number of fused-ring (bicyclic) bond motifs is 1. The maximum Gasteiger partial charge on any atom is 0.320 e. The number of rotatable bonds is 4. The summed E-state index contributed by atoms with van der Waals surface area (Å²) >= 11 is 0. The third-order valence-corrected chi connectivity index (χ3v) is 5.95. The fourth-order valence-electron chi connectivity index (χ4n) is 4.40. The Morgan fingerprint density at radius 1 is 1.24 bits per heavy atom. The van der Waals surface area contributed by atoms with Crippen LogP contribution in [0.5, 0.6) is 0 Å². The van der Waals surface area contributed by atoms with Gasteiger partial charge < -0.3 is 10.2 Å². The van der Waals surface area contributed by atoms with Gasteiger partial charge in [-0.15, -0.1) is 0 Å². The van der Waals surface area contributed by atoms with Gasteiger partial charge in [0, 0.05) is 54.2 Å². The van der Waals surface area contributed by atoms with Gasteiger partial charge in [0.1, 0.15) is 11.5 Å². The smallest absolute Gasteiger partial charge is 0.320 e. The van der Waals surface area contributed by atoms with Crippen LogP contribution in [-0.4, -0.2) is 57.3 Å². The monoisotopic (exact) mass is 391 g/mol. The lowest BCUT2D eigenvalue weighted by Crippen LogP contribution is -2.43. The molecule has 1 aliphatic heterocycles. The van der Waals surface area contributed by atoms with Gasteiger partial charge in [-0.1, -0.05) is 0 Å². The van der Waals surface area contributed by atoms with Crippen molar-refractivity contribution in [2.45, 2.75) is 25.8 Å². The minimum Gasteiger partial charge on any atom is -0.333 e. The Kier molecular flexibility index (Phi) is 4.43. The second-order valence-corrected chi connectivity index (χ2v) is 8.30. The van der Waals surface area contributed by atoms with Gasteiger partial charge >= 0.3 is 6.03 Å². The van der Waals surface area contributed by atoms with Crippen LogP contribution in [0.2, 0.25) is 0 Å². The highest BCUT2D eigenvalue weighted by Gasteiger charge is 2.41. The largest absolute Gasteiger partial charge is 0.333 e. The van der Waals surface area contributed by atoms with Crippen molar-refractivity contribution in [2.24, 2.45) is 11.8 Å². The number of carbonyl (C=O) groups excluding carboxylic acids is 1. The first kappa shape index (κ1) is 18.1. The lowest BCUT2D eigenvalue weighted by Gasteiger charge is -2.19. The first-order valence-corrected chi connectivity index (χ1v) is 10.1. The number of aryl methyl sites for hydroxylation is 1. The first-order valence-electron chi connectivity index (χ1n) is 10.1. The van der Waals surface area contributed by atoms with Crippen LogP contribution in [0.1, 0.15) is 18.5 Å². The highest BCUT2D eigenvalue weighted by molar-refractivity contribution is 5.95. The quantitative estimate of drug-likeness (QED) is 0.635. The standard InChI is InChI=1S/C21H25N7O/c1-12-7-14(5-6-22-12)20-15-9-23-19(8-17(15)26-27-20)25-21(29)24-18-11-28(2)10-16(18)13-3-4-13/h5-9,13,16,18H,3-4,10-11H2,1-2H3,(H,26,27)(H2,23,24,25,29)/t16-,18+/m1/s1. The van der Waals surface area contributed by atoms with Gasteiger partial charge in [0.25, 0.3) is 0 Å². The number of amides is 2. The van der Waals surface area contributed by atoms with E-state index in [1.165, 1.54) is 12.8 Å². The lowest BCUT2D eigenvalue weighted by molar-refractivity contribution is 0.244. The Hall–Kier alpha value is -3.00. The molecule has 5 rings (SSSR count). The van der Waals surface area contributed by atoms with Crippen LogP contribution in [0, 0.1) is 18.8 Å². The number of H-pyrrole nitrogens is 1. The molecule has 3 aromatic rings. The summed E-state index contributed by atoms with van der Waals surface area (Å²) in [6.45, 7) is 3.91. The highest BCUT2D eigenvalue weighted by atomic mass is 16.2. The van der Waals surface area contributed by atoms with Crippen molar-refractivity contribution in [1.29, 1.82) is 0 Å². The summed E-state index contributed by atoms with van der Waals surface area (Å²) in [5.74, 6) is 1.82. The molecule has 3 N–H and O–H groups in total. The van der Waals surface area contributed by atoms with E-state index in [1.54, 1.807) is 12.4 Å². The fourth-order valence-corrected chi connectivity index (χ4v) is 4.40. The third-order valence-electron chi connectivity index (χ3n) is 5.95. The van der Waals surface area contributed by atoms with E-state index in [9.17, 15) is 4.79 Å². The van der Waals surface area contributed by atoms with Crippen molar-refractivity contribution in [2.75, 3.05) is 25.5 Å². The number of hydrogen-bond acceptors (Lipinski definition) is 5. The minimum absolute atomic E-state index is 0.199. The summed E-state index contributed by atoms with van der Waals surface area (Å²) in [7, 11) is 2.12. The second kappa shape index (κ2) is 7.11. The Bertz CT molecular complexity index is 1060. The van der Waals surface area contributed by atoms with Gasteiger partial charge in [-0.25, -0.2) is 9.78 Å². The second-order valence-electron chi connectivity index (χ2n) is 8.30. The molecule has 0 aromatic carbocycles. The SMILES string of the molecule is Cc1cc(-c2n[nH]c3cc(NC(=O)N[C@H]4CN(C)C[C@@H]4C4CC4)ncc23)ccn1. The number of anilines is 1. The van der Waals surface area contributed by atoms with E-state index in [-0.39, 0.29) is 12.1 Å². The number of carbonyl (C=O) groups is 1. The number of likely N-dealkylation sites (N-methyl/N-ethyl adjacent to an activating group) is 1. The normalized spacial score (nSPS) is 22.1. The molecule has 0 bridgehead atoms. The van der Waals surface area contributed by atoms with Crippen LogP contribution in [0.4, 0.5) is 10.6 Å². The highest BCUT2D eigenvalue weighted by Crippen LogP contribution is 2.41. The summed E-state index contributed by atoms with van der Waals surface area (Å²) in [6, 6.07) is 5.73. The summed E-state index contributed by atoms with van der Waals surface area (Å²) in [4.78, 5) is 23.5. The average molecular weight is 391 g/mol.